The quantitative estimate of drug-likeness (QED) is 0.846. The molecule has 2 nitrogen and oxygen atoms in total. The summed E-state index contributed by atoms with van der Waals surface area (Å²) >= 11 is 0. The van der Waals surface area contributed by atoms with Crippen molar-refractivity contribution in [1.82, 2.24) is 4.90 Å². The van der Waals surface area contributed by atoms with E-state index in [0.29, 0.717) is 13.0 Å². The molecule has 1 aliphatic heterocycles. The van der Waals surface area contributed by atoms with Gasteiger partial charge in [-0.2, -0.15) is 0 Å². The van der Waals surface area contributed by atoms with Crippen molar-refractivity contribution in [1.29, 1.82) is 0 Å². The SMILES string of the molecule is Cc1cccc(CC(=O)N2CCC(c3cccc(F)c3)C2)c1. The Kier molecular flexibility index (Phi) is 4.23. The summed E-state index contributed by atoms with van der Waals surface area (Å²) in [6.07, 6.45) is 1.35. The smallest absolute Gasteiger partial charge is 0.227 e. The van der Waals surface area contributed by atoms with Crippen molar-refractivity contribution in [3.63, 3.8) is 0 Å². The molecule has 3 heteroatoms. The number of hydrogen-bond donors (Lipinski definition) is 0. The van der Waals surface area contributed by atoms with Crippen molar-refractivity contribution in [2.45, 2.75) is 25.7 Å². The van der Waals surface area contributed by atoms with Crippen LogP contribution in [0.1, 0.15) is 29.0 Å². The highest BCUT2D eigenvalue weighted by molar-refractivity contribution is 5.79. The first kappa shape index (κ1) is 14.8. The minimum Gasteiger partial charge on any atom is -0.342 e. The number of halogens is 1. The van der Waals surface area contributed by atoms with Crippen LogP contribution < -0.4 is 0 Å². The second kappa shape index (κ2) is 6.30. The van der Waals surface area contributed by atoms with Crippen LogP contribution in [-0.2, 0) is 11.2 Å². The highest BCUT2D eigenvalue weighted by atomic mass is 19.1. The van der Waals surface area contributed by atoms with E-state index >= 15 is 0 Å². The summed E-state index contributed by atoms with van der Waals surface area (Å²) in [4.78, 5) is 14.3. The summed E-state index contributed by atoms with van der Waals surface area (Å²) < 4.78 is 13.3. The summed E-state index contributed by atoms with van der Waals surface area (Å²) in [6.45, 7) is 3.48. The molecule has 0 aromatic heterocycles. The summed E-state index contributed by atoms with van der Waals surface area (Å²) in [5.41, 5.74) is 3.22. The largest absolute Gasteiger partial charge is 0.342 e. The van der Waals surface area contributed by atoms with Gasteiger partial charge >= 0.3 is 0 Å². The molecule has 0 aliphatic carbocycles. The molecular formula is C19H20FNO. The average molecular weight is 297 g/mol. The van der Waals surface area contributed by atoms with Crippen molar-refractivity contribution in [3.8, 4) is 0 Å². The molecule has 1 fully saturated rings. The Labute approximate surface area is 130 Å². The van der Waals surface area contributed by atoms with Crippen molar-refractivity contribution >= 4 is 5.91 Å². The van der Waals surface area contributed by atoms with Gasteiger partial charge in [0.2, 0.25) is 5.91 Å². The fourth-order valence-electron chi connectivity index (χ4n) is 3.13. The average Bonchev–Trinajstić information content (AvgIpc) is 2.97. The number of rotatable bonds is 3. The van der Waals surface area contributed by atoms with Crippen molar-refractivity contribution in [3.05, 3.63) is 71.0 Å². The third-order valence-corrected chi connectivity index (χ3v) is 4.30. The normalized spacial score (nSPS) is 17.7. The maximum atomic E-state index is 13.3. The molecule has 0 radical (unpaired) electrons. The van der Waals surface area contributed by atoms with E-state index in [1.165, 1.54) is 11.6 Å². The first-order valence-electron chi connectivity index (χ1n) is 7.70. The molecule has 1 aliphatic rings. The highest BCUT2D eigenvalue weighted by Crippen LogP contribution is 2.28. The summed E-state index contributed by atoms with van der Waals surface area (Å²) in [5.74, 6) is 0.198. The third kappa shape index (κ3) is 3.35. The molecule has 0 spiro atoms. The second-order valence-corrected chi connectivity index (χ2v) is 6.05. The van der Waals surface area contributed by atoms with Crippen LogP contribution in [0.15, 0.2) is 48.5 Å². The standard InChI is InChI=1S/C19H20FNO/c1-14-4-2-5-15(10-14)11-19(22)21-9-8-17(13-21)16-6-3-7-18(20)12-16/h2-7,10,12,17H,8-9,11,13H2,1H3. The monoisotopic (exact) mass is 297 g/mol. The number of carbonyl (C=O) groups excluding carboxylic acids is 1. The van der Waals surface area contributed by atoms with Gasteiger partial charge in [-0.25, -0.2) is 4.39 Å². The first-order valence-corrected chi connectivity index (χ1v) is 7.70. The number of aryl methyl sites for hydroxylation is 1. The summed E-state index contributed by atoms with van der Waals surface area (Å²) in [6, 6.07) is 14.8. The van der Waals surface area contributed by atoms with Gasteiger partial charge in [-0.3, -0.25) is 4.79 Å². The van der Waals surface area contributed by atoms with Gasteiger partial charge in [0, 0.05) is 19.0 Å². The zero-order valence-electron chi connectivity index (χ0n) is 12.8. The Morgan fingerprint density at radius 3 is 2.82 bits per heavy atom. The van der Waals surface area contributed by atoms with Crippen LogP contribution in [0.5, 0.6) is 0 Å². The highest BCUT2D eigenvalue weighted by Gasteiger charge is 2.27. The molecule has 3 rings (SSSR count). The Hall–Kier alpha value is -2.16. The number of nitrogens with zero attached hydrogens (tertiary/aromatic N) is 1. The van der Waals surface area contributed by atoms with Crippen LogP contribution >= 0.6 is 0 Å². The summed E-state index contributed by atoms with van der Waals surface area (Å²) in [7, 11) is 0. The van der Waals surface area contributed by atoms with Crippen molar-refractivity contribution in [2.24, 2.45) is 0 Å². The Morgan fingerprint density at radius 2 is 2.05 bits per heavy atom. The number of amides is 1. The van der Waals surface area contributed by atoms with Crippen LogP contribution in [-0.4, -0.2) is 23.9 Å². The molecular weight excluding hydrogens is 277 g/mol. The fourth-order valence-corrected chi connectivity index (χ4v) is 3.13. The fraction of sp³-hybridized carbons (Fsp3) is 0.316. The number of hydrogen-bond acceptors (Lipinski definition) is 1. The lowest BCUT2D eigenvalue weighted by molar-refractivity contribution is -0.129. The molecule has 22 heavy (non-hydrogen) atoms. The predicted molar refractivity (Wildman–Crippen MR) is 85.2 cm³/mol. The Morgan fingerprint density at radius 1 is 1.23 bits per heavy atom. The molecule has 1 saturated heterocycles. The zero-order valence-corrected chi connectivity index (χ0v) is 12.8. The van der Waals surface area contributed by atoms with Crippen LogP contribution in [0.4, 0.5) is 4.39 Å². The molecule has 0 bridgehead atoms. The van der Waals surface area contributed by atoms with Gasteiger partial charge in [-0.05, 0) is 36.6 Å². The molecule has 2 aromatic carbocycles. The van der Waals surface area contributed by atoms with Gasteiger partial charge in [0.05, 0.1) is 6.42 Å². The molecule has 0 saturated carbocycles. The maximum absolute atomic E-state index is 13.3. The zero-order chi connectivity index (χ0) is 15.5. The van der Waals surface area contributed by atoms with Gasteiger partial charge in [0.1, 0.15) is 5.82 Å². The van der Waals surface area contributed by atoms with Crippen LogP contribution in [0.3, 0.4) is 0 Å². The molecule has 1 heterocycles. The van der Waals surface area contributed by atoms with Gasteiger partial charge in [-0.15, -0.1) is 0 Å². The van der Waals surface area contributed by atoms with Gasteiger partial charge < -0.3 is 4.90 Å². The summed E-state index contributed by atoms with van der Waals surface area (Å²) in [5, 5.41) is 0. The van der Waals surface area contributed by atoms with Crippen molar-refractivity contribution in [2.75, 3.05) is 13.1 Å². The van der Waals surface area contributed by atoms with Crippen LogP contribution in [0.2, 0.25) is 0 Å². The minimum absolute atomic E-state index is 0.157. The van der Waals surface area contributed by atoms with Gasteiger partial charge in [-0.1, -0.05) is 42.0 Å². The van der Waals surface area contributed by atoms with Crippen LogP contribution in [0.25, 0.3) is 0 Å². The Balaban J connectivity index is 1.63. The van der Waals surface area contributed by atoms with Gasteiger partial charge in [0.25, 0.3) is 0 Å². The van der Waals surface area contributed by atoms with E-state index in [4.69, 9.17) is 0 Å². The number of likely N-dealkylation sites (tertiary alicyclic amines) is 1. The van der Waals surface area contributed by atoms with E-state index in [1.54, 1.807) is 12.1 Å². The van der Waals surface area contributed by atoms with E-state index < -0.39 is 0 Å². The van der Waals surface area contributed by atoms with E-state index in [2.05, 4.69) is 6.07 Å². The van der Waals surface area contributed by atoms with E-state index in [-0.39, 0.29) is 17.6 Å². The lowest BCUT2D eigenvalue weighted by Gasteiger charge is -2.17. The molecule has 114 valence electrons. The van der Waals surface area contributed by atoms with Crippen molar-refractivity contribution < 1.29 is 9.18 Å². The van der Waals surface area contributed by atoms with E-state index in [1.807, 2.05) is 36.1 Å². The lowest BCUT2D eigenvalue weighted by atomic mass is 9.98. The first-order chi connectivity index (χ1) is 10.6. The number of carbonyl (C=O) groups is 1. The molecule has 1 unspecified atom stereocenters. The predicted octanol–water partition coefficient (Wildman–Crippen LogP) is 3.69. The molecule has 1 atom stereocenters. The van der Waals surface area contributed by atoms with Gasteiger partial charge in [0.15, 0.2) is 0 Å². The topological polar surface area (TPSA) is 20.3 Å². The maximum Gasteiger partial charge on any atom is 0.227 e. The lowest BCUT2D eigenvalue weighted by Crippen LogP contribution is -2.29. The van der Waals surface area contributed by atoms with E-state index in [9.17, 15) is 9.18 Å². The van der Waals surface area contributed by atoms with E-state index in [0.717, 1.165) is 24.1 Å². The van der Waals surface area contributed by atoms with Crippen LogP contribution in [0, 0.1) is 12.7 Å². The second-order valence-electron chi connectivity index (χ2n) is 6.05. The minimum atomic E-state index is -0.206. The number of benzene rings is 2. The third-order valence-electron chi connectivity index (χ3n) is 4.30. The molecule has 2 aromatic rings. The molecule has 0 N–H and O–H groups in total. The molecule has 1 amide bonds. The Bertz CT molecular complexity index is 683.